The van der Waals surface area contributed by atoms with Crippen LogP contribution >= 0.6 is 11.8 Å². The summed E-state index contributed by atoms with van der Waals surface area (Å²) in [7, 11) is -2.28. The molecule has 0 unspecified atom stereocenters. The first-order valence-corrected chi connectivity index (χ1v) is 9.98. The number of aromatic nitrogens is 1. The molecule has 0 atom stereocenters. The fraction of sp³-hybridized carbons (Fsp3) is 0.235. The van der Waals surface area contributed by atoms with Crippen LogP contribution in [0.2, 0.25) is 0 Å². The van der Waals surface area contributed by atoms with Gasteiger partial charge in [-0.1, -0.05) is 37.7 Å². The Bertz CT molecular complexity index is 997. The Morgan fingerprint density at radius 3 is 2.68 bits per heavy atom. The van der Waals surface area contributed by atoms with Crippen molar-refractivity contribution in [2.75, 3.05) is 11.8 Å². The van der Waals surface area contributed by atoms with E-state index in [1.807, 2.05) is 13.8 Å². The van der Waals surface area contributed by atoms with E-state index in [0.717, 1.165) is 0 Å². The van der Waals surface area contributed by atoms with E-state index in [4.69, 9.17) is 9.15 Å². The van der Waals surface area contributed by atoms with Crippen molar-refractivity contribution in [3.05, 3.63) is 42.5 Å². The van der Waals surface area contributed by atoms with Crippen LogP contribution < -0.4 is 9.46 Å². The molecule has 2 aromatic carbocycles. The van der Waals surface area contributed by atoms with Gasteiger partial charge in [0, 0.05) is 5.25 Å². The molecule has 3 aromatic rings. The lowest BCUT2D eigenvalue weighted by Gasteiger charge is -2.11. The van der Waals surface area contributed by atoms with E-state index >= 15 is 0 Å². The Hall–Kier alpha value is -2.19. The molecule has 0 fully saturated rings. The first kappa shape index (κ1) is 17.6. The maximum Gasteiger partial charge on any atom is 0.262 e. The predicted molar refractivity (Wildman–Crippen MR) is 98.8 cm³/mol. The summed E-state index contributed by atoms with van der Waals surface area (Å²) in [6.07, 6.45) is 0. The van der Waals surface area contributed by atoms with E-state index in [1.54, 1.807) is 30.3 Å². The van der Waals surface area contributed by atoms with Crippen LogP contribution in [0.1, 0.15) is 13.8 Å². The minimum atomic E-state index is -3.77. The second-order valence-corrected chi connectivity index (χ2v) is 8.79. The van der Waals surface area contributed by atoms with Crippen LogP contribution in [0.15, 0.2) is 57.0 Å². The highest BCUT2D eigenvalue weighted by Crippen LogP contribution is 2.29. The zero-order valence-corrected chi connectivity index (χ0v) is 15.6. The van der Waals surface area contributed by atoms with Crippen molar-refractivity contribution in [3.63, 3.8) is 0 Å². The molecule has 0 spiro atoms. The number of sulfonamides is 1. The maximum absolute atomic E-state index is 12.7. The zero-order chi connectivity index (χ0) is 18.0. The van der Waals surface area contributed by atoms with Crippen LogP contribution in [0.3, 0.4) is 0 Å². The van der Waals surface area contributed by atoms with Gasteiger partial charge in [-0.3, -0.25) is 4.72 Å². The topological polar surface area (TPSA) is 81.4 Å². The largest absolute Gasteiger partial charge is 0.495 e. The average Bonchev–Trinajstić information content (AvgIpc) is 2.95. The van der Waals surface area contributed by atoms with E-state index in [9.17, 15) is 8.42 Å². The van der Waals surface area contributed by atoms with Crippen LogP contribution in [0.5, 0.6) is 5.75 Å². The molecule has 1 N–H and O–H groups in total. The number of rotatable bonds is 6. The second-order valence-electron chi connectivity index (χ2n) is 5.58. The van der Waals surface area contributed by atoms with Crippen molar-refractivity contribution in [2.24, 2.45) is 0 Å². The van der Waals surface area contributed by atoms with Gasteiger partial charge in [0.15, 0.2) is 5.58 Å². The fourth-order valence-corrected chi connectivity index (χ4v) is 4.02. The molecule has 1 heterocycles. The average molecular weight is 378 g/mol. The first-order chi connectivity index (χ1) is 11.9. The van der Waals surface area contributed by atoms with Gasteiger partial charge in [0.05, 0.1) is 17.7 Å². The molecule has 0 aliphatic rings. The van der Waals surface area contributed by atoms with Crippen molar-refractivity contribution in [1.82, 2.24) is 4.98 Å². The van der Waals surface area contributed by atoms with E-state index in [2.05, 4.69) is 9.71 Å². The Balaban J connectivity index is 1.94. The number of thioether (sulfide) groups is 1. The third kappa shape index (κ3) is 3.91. The van der Waals surface area contributed by atoms with E-state index < -0.39 is 10.0 Å². The summed E-state index contributed by atoms with van der Waals surface area (Å²) < 4.78 is 38.7. The van der Waals surface area contributed by atoms with Gasteiger partial charge >= 0.3 is 0 Å². The highest BCUT2D eigenvalue weighted by molar-refractivity contribution is 7.99. The minimum Gasteiger partial charge on any atom is -0.495 e. The lowest BCUT2D eigenvalue weighted by Crippen LogP contribution is -2.13. The van der Waals surface area contributed by atoms with Gasteiger partial charge < -0.3 is 9.15 Å². The number of methoxy groups -OCH3 is 1. The number of nitrogens with zero attached hydrogens (tertiary/aromatic N) is 1. The van der Waals surface area contributed by atoms with E-state index in [0.29, 0.717) is 33.0 Å². The number of nitrogens with one attached hydrogen (secondary N) is 1. The van der Waals surface area contributed by atoms with Gasteiger partial charge in [0.25, 0.3) is 15.2 Å². The molecule has 132 valence electrons. The molecule has 0 aliphatic heterocycles. The number of para-hydroxylation sites is 2. The summed E-state index contributed by atoms with van der Waals surface area (Å²) >= 11 is 1.49. The molecular weight excluding hydrogens is 360 g/mol. The number of benzene rings is 2. The summed E-state index contributed by atoms with van der Waals surface area (Å²) in [5, 5.41) is 0.848. The van der Waals surface area contributed by atoms with E-state index in [1.165, 1.54) is 31.0 Å². The van der Waals surface area contributed by atoms with Crippen molar-refractivity contribution in [2.45, 2.75) is 29.2 Å². The smallest absolute Gasteiger partial charge is 0.262 e. The Labute approximate surface area is 150 Å². The maximum atomic E-state index is 12.7. The zero-order valence-electron chi connectivity index (χ0n) is 14.0. The van der Waals surface area contributed by atoms with Gasteiger partial charge in [0.2, 0.25) is 0 Å². The number of ether oxygens (including phenoxy) is 1. The van der Waals surface area contributed by atoms with Crippen molar-refractivity contribution in [1.29, 1.82) is 0 Å². The Morgan fingerprint density at radius 2 is 1.96 bits per heavy atom. The molecule has 0 bridgehead atoms. The Morgan fingerprint density at radius 1 is 1.20 bits per heavy atom. The lowest BCUT2D eigenvalue weighted by atomic mass is 10.3. The molecule has 0 saturated carbocycles. The summed E-state index contributed by atoms with van der Waals surface area (Å²) in [5.41, 5.74) is 1.44. The quantitative estimate of drug-likeness (QED) is 0.649. The number of hydrogen-bond acceptors (Lipinski definition) is 6. The van der Waals surface area contributed by atoms with Gasteiger partial charge in [-0.2, -0.15) is 0 Å². The summed E-state index contributed by atoms with van der Waals surface area (Å²) in [6, 6.07) is 11.4. The molecule has 25 heavy (non-hydrogen) atoms. The normalized spacial score (nSPS) is 11.8. The van der Waals surface area contributed by atoms with Crippen molar-refractivity contribution >= 4 is 38.6 Å². The molecule has 0 aliphatic carbocycles. The predicted octanol–water partition coefficient (Wildman–Crippen LogP) is 4.14. The van der Waals surface area contributed by atoms with Crippen LogP contribution in [0.4, 0.5) is 5.69 Å². The monoisotopic (exact) mass is 378 g/mol. The molecule has 3 rings (SSSR count). The molecule has 8 heteroatoms. The van der Waals surface area contributed by atoms with E-state index in [-0.39, 0.29) is 4.90 Å². The van der Waals surface area contributed by atoms with Crippen LogP contribution in [0, 0.1) is 0 Å². The summed E-state index contributed by atoms with van der Waals surface area (Å²) in [6.45, 7) is 4.07. The Kier molecular flexibility index (Phi) is 4.91. The van der Waals surface area contributed by atoms with Gasteiger partial charge in [-0.25, -0.2) is 13.4 Å². The summed E-state index contributed by atoms with van der Waals surface area (Å²) in [4.78, 5) is 4.46. The molecule has 6 nitrogen and oxygen atoms in total. The third-order valence-electron chi connectivity index (χ3n) is 3.34. The molecule has 0 amide bonds. The molecular formula is C17H18N2O4S2. The minimum absolute atomic E-state index is 0.111. The SMILES string of the molecule is COc1ccccc1NS(=O)(=O)c1ccc2oc(SC(C)C)nc2c1. The molecule has 1 aromatic heterocycles. The van der Waals surface area contributed by atoms with Crippen LogP contribution in [-0.4, -0.2) is 25.8 Å². The summed E-state index contributed by atoms with van der Waals surface area (Å²) in [5.74, 6) is 0.448. The lowest BCUT2D eigenvalue weighted by molar-refractivity contribution is 0.417. The second kappa shape index (κ2) is 6.97. The molecule has 0 saturated heterocycles. The number of oxazole rings is 1. The third-order valence-corrected chi connectivity index (χ3v) is 5.55. The number of anilines is 1. The van der Waals surface area contributed by atoms with Crippen LogP contribution in [0.25, 0.3) is 11.1 Å². The highest BCUT2D eigenvalue weighted by atomic mass is 32.2. The number of hydrogen-bond donors (Lipinski definition) is 1. The fourth-order valence-electron chi connectivity index (χ4n) is 2.24. The van der Waals surface area contributed by atoms with Gasteiger partial charge in [-0.15, -0.1) is 0 Å². The molecule has 0 radical (unpaired) electrons. The van der Waals surface area contributed by atoms with Gasteiger partial charge in [0.1, 0.15) is 11.3 Å². The first-order valence-electron chi connectivity index (χ1n) is 7.62. The van der Waals surface area contributed by atoms with Crippen molar-refractivity contribution < 1.29 is 17.6 Å². The van der Waals surface area contributed by atoms with Crippen molar-refractivity contribution in [3.8, 4) is 5.75 Å². The number of fused-ring (bicyclic) bond motifs is 1. The van der Waals surface area contributed by atoms with Crippen LogP contribution in [-0.2, 0) is 10.0 Å². The standard InChI is InChI=1S/C17H18N2O4S2/c1-11(2)24-17-18-14-10-12(8-9-16(14)23-17)25(20,21)19-13-6-4-5-7-15(13)22-3/h4-11,19H,1-3H3. The highest BCUT2D eigenvalue weighted by Gasteiger charge is 2.18. The van der Waals surface area contributed by atoms with Gasteiger partial charge in [-0.05, 0) is 30.3 Å².